The fourth-order valence-corrected chi connectivity index (χ4v) is 3.62. The van der Waals surface area contributed by atoms with E-state index in [1.165, 1.54) is 14.3 Å². The smallest absolute Gasteiger partial charge is 0.0454 e. The van der Waals surface area contributed by atoms with Crippen molar-refractivity contribution < 1.29 is 0 Å². The van der Waals surface area contributed by atoms with Gasteiger partial charge >= 0.3 is 0 Å². The lowest BCUT2D eigenvalue weighted by Crippen LogP contribution is -2.07. The van der Waals surface area contributed by atoms with Gasteiger partial charge in [0.15, 0.2) is 0 Å². The summed E-state index contributed by atoms with van der Waals surface area (Å²) in [5.41, 5.74) is 6.11. The van der Waals surface area contributed by atoms with Crippen LogP contribution in [0.1, 0.15) is 30.7 Å². The molecule has 2 N–H and O–H groups in total. The molecular formula is C12H13NS2. The molecule has 0 amide bonds. The predicted octanol–water partition coefficient (Wildman–Crippen LogP) is 3.77. The van der Waals surface area contributed by atoms with Gasteiger partial charge in [0.05, 0.1) is 0 Å². The average molecular weight is 235 g/mol. The van der Waals surface area contributed by atoms with Crippen LogP contribution in [0.5, 0.6) is 0 Å². The second-order valence-electron chi connectivity index (χ2n) is 3.37. The van der Waals surface area contributed by atoms with Gasteiger partial charge in [-0.15, -0.1) is 34.5 Å². The van der Waals surface area contributed by atoms with Gasteiger partial charge in [0, 0.05) is 26.7 Å². The van der Waals surface area contributed by atoms with Crippen LogP contribution in [-0.2, 0) is 0 Å². The van der Waals surface area contributed by atoms with Gasteiger partial charge in [-0.3, -0.25) is 0 Å². The Bertz CT molecular complexity index is 470. The zero-order valence-corrected chi connectivity index (χ0v) is 10.3. The minimum Gasteiger partial charge on any atom is -0.323 e. The minimum atomic E-state index is 0.149. The molecule has 0 fully saturated rings. The van der Waals surface area contributed by atoms with Gasteiger partial charge in [0.2, 0.25) is 0 Å². The van der Waals surface area contributed by atoms with Crippen molar-refractivity contribution in [3.63, 3.8) is 0 Å². The third-order valence-corrected chi connectivity index (χ3v) is 4.51. The Balaban J connectivity index is 2.08. The molecule has 0 aliphatic heterocycles. The van der Waals surface area contributed by atoms with Crippen LogP contribution in [0, 0.1) is 11.8 Å². The van der Waals surface area contributed by atoms with Crippen LogP contribution in [0.15, 0.2) is 17.5 Å². The highest BCUT2D eigenvalue weighted by Crippen LogP contribution is 2.33. The molecular weight excluding hydrogens is 222 g/mol. The molecule has 3 heteroatoms. The third-order valence-electron chi connectivity index (χ3n) is 2.28. The normalized spacial score (nSPS) is 12.4. The van der Waals surface area contributed by atoms with Crippen molar-refractivity contribution in [3.8, 4) is 11.8 Å². The molecule has 78 valence electrons. The van der Waals surface area contributed by atoms with Crippen molar-refractivity contribution in [1.29, 1.82) is 0 Å². The van der Waals surface area contributed by atoms with E-state index < -0.39 is 0 Å². The molecule has 0 saturated heterocycles. The Hall–Kier alpha value is -0.820. The number of thiophene rings is 2. The number of rotatable bonds is 3. The largest absolute Gasteiger partial charge is 0.323 e. The van der Waals surface area contributed by atoms with E-state index in [9.17, 15) is 0 Å². The topological polar surface area (TPSA) is 26.0 Å². The molecule has 2 heterocycles. The molecule has 0 spiro atoms. The summed E-state index contributed by atoms with van der Waals surface area (Å²) >= 11 is 3.59. The van der Waals surface area contributed by atoms with Gasteiger partial charge < -0.3 is 5.73 Å². The lowest BCUT2D eigenvalue weighted by atomic mass is 10.1. The maximum atomic E-state index is 6.11. The zero-order valence-electron chi connectivity index (χ0n) is 8.62. The van der Waals surface area contributed by atoms with E-state index in [4.69, 9.17) is 5.73 Å². The Morgan fingerprint density at radius 1 is 1.47 bits per heavy atom. The fourth-order valence-electron chi connectivity index (χ4n) is 1.46. The maximum absolute atomic E-state index is 6.11. The maximum Gasteiger partial charge on any atom is 0.0454 e. The molecule has 2 aromatic rings. The summed E-state index contributed by atoms with van der Waals surface area (Å²) < 4.78 is 2.71. The van der Waals surface area contributed by atoms with Crippen LogP contribution in [0.3, 0.4) is 0 Å². The second kappa shape index (κ2) is 4.80. The van der Waals surface area contributed by atoms with Crippen molar-refractivity contribution in [2.45, 2.75) is 25.8 Å². The molecule has 1 nitrogen and oxygen atoms in total. The van der Waals surface area contributed by atoms with Crippen molar-refractivity contribution in [2.75, 3.05) is 0 Å². The van der Waals surface area contributed by atoms with E-state index in [-0.39, 0.29) is 6.04 Å². The van der Waals surface area contributed by atoms with Gasteiger partial charge in [0.1, 0.15) is 0 Å². The van der Waals surface area contributed by atoms with E-state index in [1.807, 2.05) is 18.3 Å². The first-order valence-electron chi connectivity index (χ1n) is 4.93. The molecule has 0 bridgehead atoms. The lowest BCUT2D eigenvalue weighted by molar-refractivity contribution is 0.680. The standard InChI is InChI=1S/C12H13NS2/c1-2-3-4-5-9(13)11-8-12-10(15-11)6-7-14-12/h6-9H,4-5,13H2,1H3. The van der Waals surface area contributed by atoms with Crippen LogP contribution in [0.2, 0.25) is 0 Å². The zero-order chi connectivity index (χ0) is 10.7. The molecule has 0 aliphatic carbocycles. The molecule has 0 saturated carbocycles. The van der Waals surface area contributed by atoms with E-state index in [0.717, 1.165) is 12.8 Å². The van der Waals surface area contributed by atoms with E-state index in [2.05, 4.69) is 29.4 Å². The van der Waals surface area contributed by atoms with Gasteiger partial charge in [-0.05, 0) is 30.9 Å². The summed E-state index contributed by atoms with van der Waals surface area (Å²) in [4.78, 5) is 1.29. The van der Waals surface area contributed by atoms with Gasteiger partial charge in [-0.25, -0.2) is 0 Å². The number of hydrogen-bond acceptors (Lipinski definition) is 3. The Morgan fingerprint density at radius 3 is 3.07 bits per heavy atom. The SMILES string of the molecule is CC#CCCC(N)c1cc2sccc2s1. The Labute approximate surface area is 97.9 Å². The Kier molecular flexibility index (Phi) is 3.42. The summed E-state index contributed by atoms with van der Waals surface area (Å²) in [6, 6.07) is 4.52. The monoisotopic (exact) mass is 235 g/mol. The molecule has 2 aromatic heterocycles. The first-order valence-corrected chi connectivity index (χ1v) is 6.63. The summed E-state index contributed by atoms with van der Waals surface area (Å²) in [6.45, 7) is 1.87. The molecule has 0 radical (unpaired) electrons. The molecule has 15 heavy (non-hydrogen) atoms. The number of hydrogen-bond donors (Lipinski definition) is 1. The van der Waals surface area contributed by atoms with E-state index in [1.54, 1.807) is 11.3 Å². The van der Waals surface area contributed by atoms with Crippen molar-refractivity contribution in [2.24, 2.45) is 5.73 Å². The first kappa shape index (κ1) is 10.7. The summed E-state index contributed by atoms with van der Waals surface area (Å²) in [6.07, 6.45) is 1.85. The van der Waals surface area contributed by atoms with Crippen LogP contribution < -0.4 is 5.73 Å². The lowest BCUT2D eigenvalue weighted by Gasteiger charge is -2.05. The van der Waals surface area contributed by atoms with Gasteiger partial charge in [-0.1, -0.05) is 0 Å². The van der Waals surface area contributed by atoms with Gasteiger partial charge in [0.25, 0.3) is 0 Å². The number of nitrogens with two attached hydrogens (primary N) is 1. The molecule has 0 aromatic carbocycles. The highest BCUT2D eigenvalue weighted by molar-refractivity contribution is 7.26. The minimum absolute atomic E-state index is 0.149. The van der Waals surface area contributed by atoms with Crippen LogP contribution >= 0.6 is 22.7 Å². The van der Waals surface area contributed by atoms with Crippen molar-refractivity contribution in [1.82, 2.24) is 0 Å². The van der Waals surface area contributed by atoms with Crippen LogP contribution in [0.25, 0.3) is 9.40 Å². The average Bonchev–Trinajstić information content (AvgIpc) is 2.76. The molecule has 0 aliphatic rings. The predicted molar refractivity (Wildman–Crippen MR) is 69.3 cm³/mol. The Morgan fingerprint density at radius 2 is 2.33 bits per heavy atom. The molecule has 1 atom stereocenters. The third kappa shape index (κ3) is 2.40. The summed E-state index contributed by atoms with van der Waals surface area (Å²) in [5.74, 6) is 5.95. The highest BCUT2D eigenvalue weighted by atomic mass is 32.1. The quantitative estimate of drug-likeness (QED) is 0.805. The number of fused-ring (bicyclic) bond motifs is 1. The van der Waals surface area contributed by atoms with Gasteiger partial charge in [-0.2, -0.15) is 0 Å². The first-order chi connectivity index (χ1) is 7.31. The second-order valence-corrected chi connectivity index (χ2v) is 5.43. The summed E-state index contributed by atoms with van der Waals surface area (Å²) in [5, 5.41) is 2.12. The van der Waals surface area contributed by atoms with Crippen molar-refractivity contribution in [3.05, 3.63) is 22.4 Å². The van der Waals surface area contributed by atoms with Crippen LogP contribution in [-0.4, -0.2) is 0 Å². The summed E-state index contributed by atoms with van der Waals surface area (Å²) in [7, 11) is 0. The van der Waals surface area contributed by atoms with E-state index in [0.29, 0.717) is 0 Å². The van der Waals surface area contributed by atoms with Crippen LogP contribution in [0.4, 0.5) is 0 Å². The van der Waals surface area contributed by atoms with Crippen molar-refractivity contribution >= 4 is 32.1 Å². The molecule has 1 unspecified atom stereocenters. The molecule has 2 rings (SSSR count). The fraction of sp³-hybridized carbons (Fsp3) is 0.333. The van der Waals surface area contributed by atoms with E-state index >= 15 is 0 Å². The highest BCUT2D eigenvalue weighted by Gasteiger charge is 2.09.